The summed E-state index contributed by atoms with van der Waals surface area (Å²) in [5, 5.41) is 0. The van der Waals surface area contributed by atoms with Crippen LogP contribution in [0.15, 0.2) is 23.1 Å². The number of nitrogens with two attached hydrogens (primary N) is 1. The van der Waals surface area contributed by atoms with Crippen LogP contribution in [0.4, 0.5) is 5.69 Å². The van der Waals surface area contributed by atoms with Crippen molar-refractivity contribution >= 4 is 27.6 Å². The van der Waals surface area contributed by atoms with Gasteiger partial charge in [-0.15, -0.1) is 0 Å². The third-order valence-electron chi connectivity index (χ3n) is 2.61. The molecule has 0 radical (unpaired) electrons. The maximum absolute atomic E-state index is 12.1. The summed E-state index contributed by atoms with van der Waals surface area (Å²) in [6.07, 6.45) is 0. The number of ether oxygens (including phenoxy) is 1. The van der Waals surface area contributed by atoms with Gasteiger partial charge in [-0.2, -0.15) is 0 Å². The molecule has 0 bridgehead atoms. The lowest BCUT2D eigenvalue weighted by Gasteiger charge is -2.13. The average Bonchev–Trinajstić information content (AvgIpc) is 2.51. The molecule has 1 aromatic carbocycles. The molecule has 2 N–H and O–H groups in total. The molecule has 1 aromatic rings. The number of carbonyl (C=O) groups is 2. The lowest BCUT2D eigenvalue weighted by Crippen LogP contribution is -2.35. The summed E-state index contributed by atoms with van der Waals surface area (Å²) in [7, 11) is -4.03. The number of benzene rings is 1. The Morgan fingerprint density at radius 2 is 2.11 bits per heavy atom. The van der Waals surface area contributed by atoms with Gasteiger partial charge in [-0.1, -0.05) is 0 Å². The minimum Gasteiger partial charge on any atom is -0.465 e. The number of amides is 1. The van der Waals surface area contributed by atoms with Gasteiger partial charge in [-0.05, 0) is 25.1 Å². The standard InChI is InChI=1S/C11H12N2O5S/c1-2-18-10(14)6-13-11(15)8-4-3-7(12)5-9(8)19(13,16)17/h3-5H,2,6,12H2,1H3. The molecule has 0 fully saturated rings. The molecule has 0 atom stereocenters. The van der Waals surface area contributed by atoms with Crippen LogP contribution in [-0.2, 0) is 19.6 Å². The van der Waals surface area contributed by atoms with E-state index in [9.17, 15) is 18.0 Å². The maximum atomic E-state index is 12.1. The Labute approximate surface area is 110 Å². The third kappa shape index (κ3) is 2.14. The molecule has 0 aromatic heterocycles. The topological polar surface area (TPSA) is 107 Å². The Bertz CT molecular complexity index is 653. The first-order valence-electron chi connectivity index (χ1n) is 5.50. The molecule has 19 heavy (non-hydrogen) atoms. The average molecular weight is 284 g/mol. The molecule has 1 amide bonds. The molecule has 1 heterocycles. The minimum absolute atomic E-state index is 0.0125. The SMILES string of the molecule is CCOC(=O)CN1C(=O)c2ccc(N)cc2S1(=O)=O. The number of fused-ring (bicyclic) bond motifs is 1. The first-order valence-corrected chi connectivity index (χ1v) is 6.94. The number of carbonyl (C=O) groups excluding carboxylic acids is 2. The highest BCUT2D eigenvalue weighted by Gasteiger charge is 2.42. The molecule has 2 rings (SSSR count). The normalized spacial score (nSPS) is 16.3. The number of nitrogens with zero attached hydrogens (tertiary/aromatic N) is 1. The highest BCUT2D eigenvalue weighted by molar-refractivity contribution is 7.90. The van der Waals surface area contributed by atoms with Crippen molar-refractivity contribution in [2.75, 3.05) is 18.9 Å². The van der Waals surface area contributed by atoms with Crippen molar-refractivity contribution < 1.29 is 22.7 Å². The quantitative estimate of drug-likeness (QED) is 0.617. The van der Waals surface area contributed by atoms with E-state index in [0.717, 1.165) is 0 Å². The van der Waals surface area contributed by atoms with Crippen LogP contribution in [-0.4, -0.2) is 37.8 Å². The fourth-order valence-corrected chi connectivity index (χ4v) is 3.32. The predicted octanol–water partition coefficient (Wildman–Crippen LogP) is -0.0236. The molecule has 0 saturated heterocycles. The number of esters is 1. The second kappa shape index (κ2) is 4.54. The molecular formula is C11H12N2O5S. The molecule has 0 spiro atoms. The van der Waals surface area contributed by atoms with Crippen LogP contribution >= 0.6 is 0 Å². The summed E-state index contributed by atoms with van der Waals surface area (Å²) in [6, 6.07) is 3.96. The Balaban J connectivity index is 2.41. The molecule has 0 saturated carbocycles. The Kier molecular flexibility index (Phi) is 3.19. The second-order valence-corrected chi connectivity index (χ2v) is 5.71. The third-order valence-corrected chi connectivity index (χ3v) is 4.38. The van der Waals surface area contributed by atoms with E-state index in [4.69, 9.17) is 5.73 Å². The highest BCUT2D eigenvalue weighted by Crippen LogP contribution is 2.31. The van der Waals surface area contributed by atoms with Gasteiger partial charge in [0.2, 0.25) is 0 Å². The van der Waals surface area contributed by atoms with Crippen molar-refractivity contribution in [2.45, 2.75) is 11.8 Å². The molecular weight excluding hydrogens is 272 g/mol. The van der Waals surface area contributed by atoms with Gasteiger partial charge in [0.1, 0.15) is 11.4 Å². The number of hydrogen-bond donors (Lipinski definition) is 1. The van der Waals surface area contributed by atoms with Crippen LogP contribution in [0.5, 0.6) is 0 Å². The molecule has 7 nitrogen and oxygen atoms in total. The fraction of sp³-hybridized carbons (Fsp3) is 0.273. The second-order valence-electron chi connectivity index (χ2n) is 3.88. The zero-order chi connectivity index (χ0) is 14.2. The summed E-state index contributed by atoms with van der Waals surface area (Å²) in [5.74, 6) is -1.52. The number of sulfonamides is 1. The Morgan fingerprint density at radius 3 is 2.74 bits per heavy atom. The van der Waals surface area contributed by atoms with Gasteiger partial charge >= 0.3 is 5.97 Å². The van der Waals surface area contributed by atoms with Gasteiger partial charge in [0.15, 0.2) is 0 Å². The molecule has 0 unspecified atom stereocenters. The summed E-state index contributed by atoms with van der Waals surface area (Å²) >= 11 is 0. The van der Waals surface area contributed by atoms with E-state index in [0.29, 0.717) is 4.31 Å². The van der Waals surface area contributed by atoms with Crippen molar-refractivity contribution in [1.82, 2.24) is 4.31 Å². The van der Waals surface area contributed by atoms with Gasteiger partial charge in [0.25, 0.3) is 15.9 Å². The lowest BCUT2D eigenvalue weighted by molar-refractivity contribution is -0.142. The monoisotopic (exact) mass is 284 g/mol. The van der Waals surface area contributed by atoms with Gasteiger partial charge in [0.05, 0.1) is 12.2 Å². The van der Waals surface area contributed by atoms with E-state index in [-0.39, 0.29) is 22.8 Å². The molecule has 1 aliphatic heterocycles. The van der Waals surface area contributed by atoms with Crippen LogP contribution in [0.1, 0.15) is 17.3 Å². The van der Waals surface area contributed by atoms with Crippen molar-refractivity contribution in [3.63, 3.8) is 0 Å². The number of rotatable bonds is 3. The van der Waals surface area contributed by atoms with Gasteiger partial charge < -0.3 is 10.5 Å². The summed E-state index contributed by atoms with van der Waals surface area (Å²) in [5.41, 5.74) is 5.75. The largest absolute Gasteiger partial charge is 0.465 e. The Morgan fingerprint density at radius 1 is 1.42 bits per heavy atom. The van der Waals surface area contributed by atoms with Crippen LogP contribution < -0.4 is 5.73 Å². The zero-order valence-corrected chi connectivity index (χ0v) is 10.9. The van der Waals surface area contributed by atoms with Gasteiger partial charge in [0, 0.05) is 5.69 Å². The molecule has 102 valence electrons. The Hall–Kier alpha value is -2.09. The first-order chi connectivity index (χ1) is 8.87. The highest BCUT2D eigenvalue weighted by atomic mass is 32.2. The predicted molar refractivity (Wildman–Crippen MR) is 65.7 cm³/mol. The van der Waals surface area contributed by atoms with E-state index in [1.54, 1.807) is 6.92 Å². The summed E-state index contributed by atoms with van der Waals surface area (Å²) in [6.45, 7) is 1.07. The van der Waals surface area contributed by atoms with Crippen LogP contribution in [0.3, 0.4) is 0 Å². The summed E-state index contributed by atoms with van der Waals surface area (Å²) in [4.78, 5) is 23.1. The minimum atomic E-state index is -4.03. The zero-order valence-electron chi connectivity index (χ0n) is 10.1. The van der Waals surface area contributed by atoms with E-state index in [1.807, 2.05) is 0 Å². The van der Waals surface area contributed by atoms with Crippen LogP contribution in [0.2, 0.25) is 0 Å². The first kappa shape index (κ1) is 13.3. The van der Waals surface area contributed by atoms with Crippen LogP contribution in [0.25, 0.3) is 0 Å². The smallest absolute Gasteiger partial charge is 0.326 e. The number of nitrogen functional groups attached to an aromatic ring is 1. The molecule has 1 aliphatic rings. The molecule has 8 heteroatoms. The fourth-order valence-electron chi connectivity index (χ4n) is 1.77. The lowest BCUT2D eigenvalue weighted by atomic mass is 10.2. The van der Waals surface area contributed by atoms with Crippen molar-refractivity contribution in [2.24, 2.45) is 0 Å². The van der Waals surface area contributed by atoms with Crippen LogP contribution in [0, 0.1) is 0 Å². The number of anilines is 1. The van der Waals surface area contributed by atoms with Crippen molar-refractivity contribution in [1.29, 1.82) is 0 Å². The van der Waals surface area contributed by atoms with Crippen molar-refractivity contribution in [3.8, 4) is 0 Å². The van der Waals surface area contributed by atoms with E-state index in [2.05, 4.69) is 4.74 Å². The van der Waals surface area contributed by atoms with Gasteiger partial charge in [-0.25, -0.2) is 12.7 Å². The van der Waals surface area contributed by atoms with E-state index >= 15 is 0 Å². The summed E-state index contributed by atoms with van der Waals surface area (Å²) < 4.78 is 29.4. The molecule has 0 aliphatic carbocycles. The van der Waals surface area contributed by atoms with E-state index in [1.165, 1.54) is 18.2 Å². The number of hydrogen-bond acceptors (Lipinski definition) is 6. The maximum Gasteiger partial charge on any atom is 0.326 e. The van der Waals surface area contributed by atoms with E-state index < -0.39 is 28.4 Å². The van der Waals surface area contributed by atoms with Crippen molar-refractivity contribution in [3.05, 3.63) is 23.8 Å². The van der Waals surface area contributed by atoms with Gasteiger partial charge in [-0.3, -0.25) is 9.59 Å².